The number of likely N-dealkylation sites (tertiary alicyclic amines) is 1. The monoisotopic (exact) mass is 632 g/mol. The Morgan fingerprint density at radius 1 is 1.38 bits per heavy atom. The molecule has 11 heteroatoms. The van der Waals surface area contributed by atoms with E-state index in [0.717, 1.165) is 48.9 Å². The smallest absolute Gasteiger partial charge is 0.411 e. The van der Waals surface area contributed by atoms with E-state index in [1.54, 1.807) is 27.8 Å². The van der Waals surface area contributed by atoms with E-state index in [2.05, 4.69) is 27.3 Å². The second-order valence-corrected chi connectivity index (χ2v) is 13.2. The molecular weight excluding hydrogens is 599 g/mol. The van der Waals surface area contributed by atoms with Crippen LogP contribution in [0.3, 0.4) is 0 Å². The van der Waals surface area contributed by atoms with Gasteiger partial charge < -0.3 is 15.0 Å². The van der Waals surface area contributed by atoms with E-state index < -0.39 is 35.5 Å². The van der Waals surface area contributed by atoms with Crippen molar-refractivity contribution in [3.63, 3.8) is 0 Å². The third-order valence-electron chi connectivity index (χ3n) is 7.45. The first-order chi connectivity index (χ1) is 18.9. The minimum absolute atomic E-state index is 0.000803. The van der Waals surface area contributed by atoms with Crippen LogP contribution in [0.5, 0.6) is 0 Å². The molecule has 1 aliphatic carbocycles. The van der Waals surface area contributed by atoms with Crippen molar-refractivity contribution in [3.05, 3.63) is 38.9 Å². The van der Waals surface area contributed by atoms with Crippen LogP contribution in [-0.2, 0) is 27.2 Å². The topological polar surface area (TPSA) is 103 Å². The van der Waals surface area contributed by atoms with Gasteiger partial charge in [0.25, 0.3) is 0 Å². The van der Waals surface area contributed by atoms with E-state index in [1.165, 1.54) is 21.1 Å². The minimum Gasteiger partial charge on any atom is -0.444 e. The van der Waals surface area contributed by atoms with E-state index in [1.807, 2.05) is 25.1 Å². The van der Waals surface area contributed by atoms with Crippen LogP contribution in [-0.4, -0.2) is 54.1 Å². The first kappa shape index (κ1) is 30.0. The van der Waals surface area contributed by atoms with Crippen molar-refractivity contribution in [2.45, 2.75) is 83.5 Å². The number of nitriles is 1. The number of carbonyl (C=O) groups is 3. The van der Waals surface area contributed by atoms with Crippen LogP contribution in [0.25, 0.3) is 10.4 Å². The third-order valence-corrected chi connectivity index (χ3v) is 9.69. The summed E-state index contributed by atoms with van der Waals surface area (Å²) in [5, 5.41) is 12.6. The zero-order valence-corrected chi connectivity index (χ0v) is 25.7. The van der Waals surface area contributed by atoms with Crippen LogP contribution in [0.15, 0.2) is 22.7 Å². The first-order valence-electron chi connectivity index (χ1n) is 13.4. The summed E-state index contributed by atoms with van der Waals surface area (Å²) in [5.74, 6) is -0.909. The van der Waals surface area contributed by atoms with Gasteiger partial charge in [0, 0.05) is 30.1 Å². The van der Waals surface area contributed by atoms with Crippen LogP contribution in [0, 0.1) is 23.1 Å². The summed E-state index contributed by atoms with van der Waals surface area (Å²) in [6.45, 7) is 7.33. The molecule has 2 aliphatic rings. The Morgan fingerprint density at radius 3 is 2.73 bits per heavy atom. The molecule has 1 saturated heterocycles. The summed E-state index contributed by atoms with van der Waals surface area (Å²) >= 11 is 4.55. The molecule has 40 heavy (non-hydrogen) atoms. The number of nitrogens with zero attached hydrogens (tertiary/aromatic N) is 3. The number of amides is 3. The summed E-state index contributed by atoms with van der Waals surface area (Å²) in [7, 11) is 1.67. The summed E-state index contributed by atoms with van der Waals surface area (Å²) in [6.07, 6.45) is 3.27. The maximum Gasteiger partial charge on any atom is 0.411 e. The van der Waals surface area contributed by atoms with Gasteiger partial charge in [-0.25, -0.2) is 9.18 Å². The van der Waals surface area contributed by atoms with Crippen LogP contribution < -0.4 is 10.2 Å². The van der Waals surface area contributed by atoms with Crippen molar-refractivity contribution in [3.8, 4) is 16.5 Å². The molecule has 1 aromatic carbocycles. The number of halogens is 2. The highest BCUT2D eigenvalue weighted by molar-refractivity contribution is 9.10. The highest BCUT2D eigenvalue weighted by atomic mass is 79.9. The molecule has 0 radical (unpaired) electrons. The van der Waals surface area contributed by atoms with Gasteiger partial charge in [0.15, 0.2) is 5.82 Å². The van der Waals surface area contributed by atoms with Gasteiger partial charge in [0.2, 0.25) is 12.3 Å². The highest BCUT2D eigenvalue weighted by Crippen LogP contribution is 2.44. The number of carbonyl (C=O) groups excluding carboxylic acids is 3. The van der Waals surface area contributed by atoms with Gasteiger partial charge in [-0.2, -0.15) is 5.26 Å². The van der Waals surface area contributed by atoms with Crippen molar-refractivity contribution < 1.29 is 23.5 Å². The molecule has 1 aromatic heterocycles. The SMILES string of the molecule is CCc1ccc(-c2sc(CC(C#N)NC(=O)C3C4CCC(C4)N3C(=O)OC(C)(C)C)c(F)c2Br)cc1N(C)C=O. The fourth-order valence-corrected chi connectivity index (χ4v) is 7.57. The standard InChI is InChI=1S/C29H34BrFN4O4S/c1-6-16-7-8-18(12-21(16)34(5)15-36)26-23(30)24(31)22(40-26)13-19(14-32)33-27(37)25-17-9-10-20(11-17)35(25)28(38)39-29(2,3)4/h7-8,12,15,17,19-20,25H,6,9-11,13H2,1-5H3,(H,33,37). The summed E-state index contributed by atoms with van der Waals surface area (Å²) in [5.41, 5.74) is 1.76. The lowest BCUT2D eigenvalue weighted by atomic mass is 9.97. The number of nitrogens with one attached hydrogen (secondary N) is 1. The van der Waals surface area contributed by atoms with Gasteiger partial charge in [-0.05, 0) is 85.5 Å². The Bertz CT molecular complexity index is 1350. The number of thiophene rings is 1. The van der Waals surface area contributed by atoms with Crippen molar-refractivity contribution in [2.75, 3.05) is 11.9 Å². The zero-order chi connectivity index (χ0) is 29.4. The molecule has 1 saturated carbocycles. The quantitative estimate of drug-likeness (QED) is 0.370. The molecule has 214 valence electrons. The Hall–Kier alpha value is -2.97. The van der Waals surface area contributed by atoms with Crippen LogP contribution in [0.1, 0.15) is 57.4 Å². The molecule has 1 N–H and O–H groups in total. The Labute approximate surface area is 246 Å². The number of ether oxygens (including phenoxy) is 1. The Balaban J connectivity index is 1.53. The second kappa shape index (κ2) is 11.9. The Morgan fingerprint density at radius 2 is 2.10 bits per heavy atom. The number of anilines is 1. The third kappa shape index (κ3) is 6.03. The average molecular weight is 634 g/mol. The molecule has 4 atom stereocenters. The lowest BCUT2D eigenvalue weighted by Crippen LogP contribution is -2.55. The lowest BCUT2D eigenvalue weighted by molar-refractivity contribution is -0.128. The first-order valence-corrected chi connectivity index (χ1v) is 15.0. The fraction of sp³-hybridized carbons (Fsp3) is 0.517. The zero-order valence-electron chi connectivity index (χ0n) is 23.3. The molecule has 8 nitrogen and oxygen atoms in total. The molecule has 2 bridgehead atoms. The van der Waals surface area contributed by atoms with Gasteiger partial charge in [-0.15, -0.1) is 11.3 Å². The van der Waals surface area contributed by atoms with Gasteiger partial charge in [0.1, 0.15) is 17.7 Å². The summed E-state index contributed by atoms with van der Waals surface area (Å²) in [6, 6.07) is 5.96. The van der Waals surface area contributed by atoms with Crippen molar-refractivity contribution in [1.82, 2.24) is 10.2 Å². The van der Waals surface area contributed by atoms with E-state index >= 15 is 4.39 Å². The number of fused-ring (bicyclic) bond motifs is 2. The number of piperidine rings is 1. The van der Waals surface area contributed by atoms with E-state index in [4.69, 9.17) is 4.74 Å². The van der Waals surface area contributed by atoms with Crippen LogP contribution >= 0.6 is 27.3 Å². The highest BCUT2D eigenvalue weighted by Gasteiger charge is 2.52. The van der Waals surface area contributed by atoms with Crippen molar-refractivity contribution in [2.24, 2.45) is 5.92 Å². The predicted molar refractivity (Wildman–Crippen MR) is 155 cm³/mol. The fourth-order valence-electron chi connectivity index (χ4n) is 5.62. The molecule has 1 aliphatic heterocycles. The molecule has 4 rings (SSSR count). The van der Waals surface area contributed by atoms with E-state index in [0.29, 0.717) is 9.75 Å². The molecular formula is C29H34BrFN4O4S. The van der Waals surface area contributed by atoms with Gasteiger partial charge >= 0.3 is 6.09 Å². The Kier molecular flexibility index (Phi) is 8.90. The molecule has 2 heterocycles. The summed E-state index contributed by atoms with van der Waals surface area (Å²) < 4.78 is 21.2. The average Bonchev–Trinajstić information content (AvgIpc) is 3.61. The van der Waals surface area contributed by atoms with E-state index in [9.17, 15) is 19.6 Å². The number of hydrogen-bond acceptors (Lipinski definition) is 6. The van der Waals surface area contributed by atoms with Crippen molar-refractivity contribution in [1.29, 1.82) is 5.26 Å². The number of rotatable bonds is 8. The normalized spacial score (nSPS) is 20.6. The number of hydrogen-bond donors (Lipinski definition) is 1. The van der Waals surface area contributed by atoms with Gasteiger partial charge in [-0.1, -0.05) is 19.1 Å². The maximum atomic E-state index is 15.4. The molecule has 3 amide bonds. The van der Waals surface area contributed by atoms with Gasteiger partial charge in [0.05, 0.1) is 15.4 Å². The molecule has 2 aromatic rings. The molecule has 0 spiro atoms. The lowest BCUT2D eigenvalue weighted by Gasteiger charge is -2.35. The van der Waals surface area contributed by atoms with Crippen LogP contribution in [0.4, 0.5) is 14.9 Å². The van der Waals surface area contributed by atoms with Gasteiger partial charge in [-0.3, -0.25) is 14.5 Å². The molecule has 2 fully saturated rings. The number of benzene rings is 1. The number of aryl methyl sites for hydroxylation is 1. The largest absolute Gasteiger partial charge is 0.444 e. The van der Waals surface area contributed by atoms with Crippen molar-refractivity contribution >= 4 is 51.4 Å². The molecule has 4 unspecified atom stereocenters. The van der Waals surface area contributed by atoms with E-state index in [-0.39, 0.29) is 22.9 Å². The predicted octanol–water partition coefficient (Wildman–Crippen LogP) is 5.81. The second-order valence-electron chi connectivity index (χ2n) is 11.3. The maximum absolute atomic E-state index is 15.4. The van der Waals surface area contributed by atoms with Crippen LogP contribution in [0.2, 0.25) is 0 Å². The summed E-state index contributed by atoms with van der Waals surface area (Å²) in [4.78, 5) is 41.7. The minimum atomic E-state index is -0.987.